The van der Waals surface area contributed by atoms with Gasteiger partial charge in [-0.1, -0.05) is 20.3 Å². The summed E-state index contributed by atoms with van der Waals surface area (Å²) >= 11 is 0. The molecule has 0 spiro atoms. The Kier molecular flexibility index (Phi) is 3.93. The average molecular weight is 252 g/mol. The van der Waals surface area contributed by atoms with Crippen molar-refractivity contribution in [3.05, 3.63) is 0 Å². The van der Waals surface area contributed by atoms with Crippen molar-refractivity contribution in [2.45, 2.75) is 71.0 Å². The van der Waals surface area contributed by atoms with Crippen LogP contribution in [0.1, 0.15) is 52.9 Å². The molecule has 1 saturated carbocycles. The van der Waals surface area contributed by atoms with Crippen molar-refractivity contribution in [3.63, 3.8) is 0 Å². The number of hydrogen-bond donors (Lipinski definition) is 1. The molecule has 4 nitrogen and oxygen atoms in total. The van der Waals surface area contributed by atoms with Gasteiger partial charge >= 0.3 is 0 Å². The monoisotopic (exact) mass is 252 g/mol. The van der Waals surface area contributed by atoms with Gasteiger partial charge in [-0.15, -0.1) is 0 Å². The molecule has 1 heterocycles. The van der Waals surface area contributed by atoms with E-state index >= 15 is 0 Å². The first kappa shape index (κ1) is 13.4. The van der Waals surface area contributed by atoms with E-state index in [0.29, 0.717) is 5.92 Å². The topological polar surface area (TPSA) is 49.4 Å². The van der Waals surface area contributed by atoms with E-state index < -0.39 is 0 Å². The molecule has 2 amide bonds. The van der Waals surface area contributed by atoms with Gasteiger partial charge in [0.2, 0.25) is 11.8 Å². The fourth-order valence-corrected chi connectivity index (χ4v) is 2.79. The Morgan fingerprint density at radius 3 is 2.50 bits per heavy atom. The van der Waals surface area contributed by atoms with Crippen LogP contribution in [0.4, 0.5) is 0 Å². The standard InChI is InChI=1S/C14H24N2O2/c1-4-6-11-14(18)16(9(3)5-2)12(10-7-8-10)13(17)15-11/h9-12H,4-8H2,1-3H3,(H,15,17). The van der Waals surface area contributed by atoms with Crippen molar-refractivity contribution in [3.8, 4) is 0 Å². The first-order valence-electron chi connectivity index (χ1n) is 7.22. The smallest absolute Gasteiger partial charge is 0.246 e. The van der Waals surface area contributed by atoms with Crippen molar-refractivity contribution >= 4 is 11.8 Å². The quantitative estimate of drug-likeness (QED) is 0.809. The molecule has 4 heteroatoms. The zero-order chi connectivity index (χ0) is 13.3. The minimum absolute atomic E-state index is 0.0656. The molecule has 3 unspecified atom stereocenters. The van der Waals surface area contributed by atoms with Crippen molar-refractivity contribution < 1.29 is 9.59 Å². The molecule has 2 fully saturated rings. The second kappa shape index (κ2) is 5.29. The Morgan fingerprint density at radius 2 is 2.00 bits per heavy atom. The predicted octanol–water partition coefficient (Wildman–Crippen LogP) is 1.69. The van der Waals surface area contributed by atoms with E-state index in [0.717, 1.165) is 32.1 Å². The summed E-state index contributed by atoms with van der Waals surface area (Å²) in [6.07, 6.45) is 4.72. The summed E-state index contributed by atoms with van der Waals surface area (Å²) < 4.78 is 0. The second-order valence-corrected chi connectivity index (χ2v) is 5.63. The van der Waals surface area contributed by atoms with Crippen LogP contribution in [-0.2, 0) is 9.59 Å². The highest BCUT2D eigenvalue weighted by Crippen LogP contribution is 2.38. The lowest BCUT2D eigenvalue weighted by Gasteiger charge is -2.42. The van der Waals surface area contributed by atoms with E-state index in [4.69, 9.17) is 0 Å². The molecule has 1 aliphatic heterocycles. The fraction of sp³-hybridized carbons (Fsp3) is 0.857. The van der Waals surface area contributed by atoms with Crippen LogP contribution in [0.3, 0.4) is 0 Å². The number of carbonyl (C=O) groups excluding carboxylic acids is 2. The Hall–Kier alpha value is -1.06. The normalized spacial score (nSPS) is 30.3. The maximum absolute atomic E-state index is 12.5. The number of hydrogen-bond acceptors (Lipinski definition) is 2. The van der Waals surface area contributed by atoms with E-state index in [1.165, 1.54) is 0 Å². The van der Waals surface area contributed by atoms with E-state index in [-0.39, 0.29) is 29.9 Å². The number of rotatable bonds is 5. The SMILES string of the molecule is CCCC1NC(=O)C(C2CC2)N(C(C)CC)C1=O. The first-order valence-corrected chi connectivity index (χ1v) is 7.22. The van der Waals surface area contributed by atoms with Gasteiger partial charge in [0.1, 0.15) is 12.1 Å². The molecule has 0 aromatic rings. The van der Waals surface area contributed by atoms with Gasteiger partial charge < -0.3 is 10.2 Å². The minimum Gasteiger partial charge on any atom is -0.342 e. The summed E-state index contributed by atoms with van der Waals surface area (Å²) in [5, 5.41) is 2.92. The Bertz CT molecular complexity index is 339. The zero-order valence-corrected chi connectivity index (χ0v) is 11.6. The van der Waals surface area contributed by atoms with E-state index in [1.807, 2.05) is 11.8 Å². The van der Waals surface area contributed by atoms with Gasteiger partial charge in [-0.2, -0.15) is 0 Å². The number of nitrogens with one attached hydrogen (secondary N) is 1. The molecule has 0 radical (unpaired) electrons. The number of carbonyl (C=O) groups is 2. The third kappa shape index (κ3) is 2.38. The molecule has 2 rings (SSSR count). The van der Waals surface area contributed by atoms with Crippen LogP contribution < -0.4 is 5.32 Å². The van der Waals surface area contributed by atoms with E-state index in [9.17, 15) is 9.59 Å². The number of amides is 2. The van der Waals surface area contributed by atoms with E-state index in [2.05, 4.69) is 19.2 Å². The highest BCUT2D eigenvalue weighted by atomic mass is 16.2. The third-order valence-electron chi connectivity index (χ3n) is 4.15. The molecule has 2 aliphatic rings. The number of nitrogens with zero attached hydrogens (tertiary/aromatic N) is 1. The van der Waals surface area contributed by atoms with Crippen LogP contribution in [-0.4, -0.2) is 34.8 Å². The zero-order valence-electron chi connectivity index (χ0n) is 11.6. The summed E-state index contributed by atoms with van der Waals surface area (Å²) in [5.74, 6) is 0.587. The van der Waals surface area contributed by atoms with E-state index in [1.54, 1.807) is 0 Å². The van der Waals surface area contributed by atoms with Gasteiger partial charge in [-0.3, -0.25) is 9.59 Å². The third-order valence-corrected chi connectivity index (χ3v) is 4.15. The van der Waals surface area contributed by atoms with Crippen LogP contribution in [0.2, 0.25) is 0 Å². The molecule has 3 atom stereocenters. The molecule has 0 aromatic carbocycles. The van der Waals surface area contributed by atoms with Crippen molar-refractivity contribution in [2.24, 2.45) is 5.92 Å². The van der Waals surface area contributed by atoms with Gasteiger partial charge in [-0.05, 0) is 38.5 Å². The molecule has 1 aliphatic carbocycles. The van der Waals surface area contributed by atoms with Gasteiger partial charge in [0, 0.05) is 6.04 Å². The fourth-order valence-electron chi connectivity index (χ4n) is 2.79. The Balaban J connectivity index is 2.20. The summed E-state index contributed by atoms with van der Waals surface area (Å²) in [7, 11) is 0. The number of piperazine rings is 1. The summed E-state index contributed by atoms with van der Waals surface area (Å²) in [4.78, 5) is 26.6. The minimum atomic E-state index is -0.300. The average Bonchev–Trinajstić information content (AvgIpc) is 3.16. The predicted molar refractivity (Wildman–Crippen MR) is 69.9 cm³/mol. The van der Waals surface area contributed by atoms with Gasteiger partial charge in [0.05, 0.1) is 0 Å². The lowest BCUT2D eigenvalue weighted by molar-refractivity contribution is -0.153. The summed E-state index contributed by atoms with van der Waals surface area (Å²) in [6.45, 7) is 6.16. The van der Waals surface area contributed by atoms with Crippen LogP contribution in [0, 0.1) is 5.92 Å². The summed E-state index contributed by atoms with van der Waals surface area (Å²) in [6, 6.07) is -0.347. The highest BCUT2D eigenvalue weighted by molar-refractivity contribution is 5.97. The molecular formula is C14H24N2O2. The lowest BCUT2D eigenvalue weighted by Crippen LogP contribution is -2.65. The lowest BCUT2D eigenvalue weighted by atomic mass is 9.98. The van der Waals surface area contributed by atoms with Crippen LogP contribution in [0.5, 0.6) is 0 Å². The molecule has 1 N–H and O–H groups in total. The molecule has 18 heavy (non-hydrogen) atoms. The van der Waals surface area contributed by atoms with Crippen molar-refractivity contribution in [2.75, 3.05) is 0 Å². The summed E-state index contributed by atoms with van der Waals surface area (Å²) in [5.41, 5.74) is 0. The first-order chi connectivity index (χ1) is 8.60. The molecular weight excluding hydrogens is 228 g/mol. The largest absolute Gasteiger partial charge is 0.342 e. The van der Waals surface area contributed by atoms with Crippen LogP contribution in [0.15, 0.2) is 0 Å². The molecule has 0 aromatic heterocycles. The van der Waals surface area contributed by atoms with Crippen molar-refractivity contribution in [1.82, 2.24) is 10.2 Å². The van der Waals surface area contributed by atoms with Crippen LogP contribution >= 0.6 is 0 Å². The highest BCUT2D eigenvalue weighted by Gasteiger charge is 2.48. The molecule has 1 saturated heterocycles. The second-order valence-electron chi connectivity index (χ2n) is 5.63. The molecule has 0 bridgehead atoms. The van der Waals surface area contributed by atoms with Crippen molar-refractivity contribution in [1.29, 1.82) is 0 Å². The van der Waals surface area contributed by atoms with Gasteiger partial charge in [0.15, 0.2) is 0 Å². The van der Waals surface area contributed by atoms with Gasteiger partial charge in [-0.25, -0.2) is 0 Å². The van der Waals surface area contributed by atoms with Gasteiger partial charge in [0.25, 0.3) is 0 Å². The van der Waals surface area contributed by atoms with Crippen LogP contribution in [0.25, 0.3) is 0 Å². The maximum Gasteiger partial charge on any atom is 0.246 e. The molecule has 102 valence electrons. The maximum atomic E-state index is 12.5. The Labute approximate surface area is 109 Å². The Morgan fingerprint density at radius 1 is 1.33 bits per heavy atom.